The summed E-state index contributed by atoms with van der Waals surface area (Å²) >= 11 is 0. The van der Waals surface area contributed by atoms with Gasteiger partial charge in [0, 0.05) is 18.8 Å². The molecule has 3 heterocycles. The van der Waals surface area contributed by atoms with Gasteiger partial charge in [-0.2, -0.15) is 0 Å². The Labute approximate surface area is 128 Å². The van der Waals surface area contributed by atoms with Crippen LogP contribution in [0.2, 0.25) is 0 Å². The highest BCUT2D eigenvalue weighted by Gasteiger charge is 2.43. The minimum absolute atomic E-state index is 0.0120. The van der Waals surface area contributed by atoms with Crippen LogP contribution in [0.3, 0.4) is 0 Å². The highest BCUT2D eigenvalue weighted by atomic mass is 32.2. The molecule has 0 bridgehead atoms. The highest BCUT2D eigenvalue weighted by molar-refractivity contribution is 7.89. The second kappa shape index (κ2) is 5.40. The number of hydrogen-bond acceptors (Lipinski definition) is 5. The summed E-state index contributed by atoms with van der Waals surface area (Å²) in [7, 11) is -3.70. The Kier molecular flexibility index (Phi) is 3.69. The molecule has 2 atom stereocenters. The molecule has 2 aliphatic heterocycles. The van der Waals surface area contributed by atoms with Gasteiger partial charge in [0.2, 0.25) is 15.9 Å². The van der Waals surface area contributed by atoms with Crippen LogP contribution in [-0.4, -0.2) is 55.6 Å². The van der Waals surface area contributed by atoms with Crippen LogP contribution in [0, 0.1) is 0 Å². The van der Waals surface area contributed by atoms with E-state index >= 15 is 0 Å². The number of hydrogen-bond donors (Lipinski definition) is 2. The van der Waals surface area contributed by atoms with E-state index < -0.39 is 22.2 Å². The van der Waals surface area contributed by atoms with Crippen LogP contribution >= 0.6 is 0 Å². The highest BCUT2D eigenvalue weighted by Crippen LogP contribution is 2.28. The smallest absolute Gasteiger partial charge is 0.317 e. The monoisotopic (exact) mass is 326 g/mol. The van der Waals surface area contributed by atoms with Crippen LogP contribution in [0.5, 0.6) is 5.88 Å². The lowest BCUT2D eigenvalue weighted by molar-refractivity contribution is 0.173. The molecule has 22 heavy (non-hydrogen) atoms. The predicted octanol–water partition coefficient (Wildman–Crippen LogP) is -0.0769. The molecule has 1 saturated heterocycles. The fourth-order valence-electron chi connectivity index (χ4n) is 2.59. The molecule has 2 amide bonds. The van der Waals surface area contributed by atoms with Gasteiger partial charge >= 0.3 is 6.03 Å². The maximum atomic E-state index is 12.3. The fraction of sp³-hybridized carbons (Fsp3) is 0.538. The van der Waals surface area contributed by atoms with Gasteiger partial charge in [0.05, 0.1) is 12.6 Å². The first-order chi connectivity index (χ1) is 10.4. The second-order valence-electron chi connectivity index (χ2n) is 5.70. The molecule has 120 valence electrons. The molecule has 0 saturated carbocycles. The van der Waals surface area contributed by atoms with Crippen LogP contribution in [0.4, 0.5) is 4.79 Å². The summed E-state index contributed by atoms with van der Waals surface area (Å²) in [6.45, 7) is 4.30. The Morgan fingerprint density at radius 2 is 2.27 bits per heavy atom. The van der Waals surface area contributed by atoms with E-state index in [4.69, 9.17) is 4.74 Å². The van der Waals surface area contributed by atoms with Gasteiger partial charge in [-0.3, -0.25) is 0 Å². The first-order valence-corrected chi connectivity index (χ1v) is 8.54. The standard InChI is InChI=1S/C13H18N4O4S/c1-8(2)15-13(18)17-6-9-10(7-17)21-12-11(4-3-5-14-12)22(19,20)16-9/h3-5,8-10,16H,6-7H2,1-2H3,(H,15,18)/t9-,10+/m1/s1. The van der Waals surface area contributed by atoms with E-state index in [0.29, 0.717) is 6.54 Å². The summed E-state index contributed by atoms with van der Waals surface area (Å²) in [5.41, 5.74) is 0. The molecule has 0 radical (unpaired) electrons. The zero-order valence-corrected chi connectivity index (χ0v) is 13.1. The predicted molar refractivity (Wildman–Crippen MR) is 78.0 cm³/mol. The van der Waals surface area contributed by atoms with Crippen LogP contribution < -0.4 is 14.8 Å². The van der Waals surface area contributed by atoms with Gasteiger partial charge in [-0.1, -0.05) is 0 Å². The van der Waals surface area contributed by atoms with Crippen LogP contribution in [0.25, 0.3) is 0 Å². The van der Waals surface area contributed by atoms with E-state index in [1.54, 1.807) is 11.0 Å². The molecule has 1 fully saturated rings. The zero-order chi connectivity index (χ0) is 15.9. The van der Waals surface area contributed by atoms with Gasteiger partial charge < -0.3 is 15.0 Å². The van der Waals surface area contributed by atoms with Crippen LogP contribution in [0.1, 0.15) is 13.8 Å². The number of amides is 2. The number of ether oxygens (including phenoxy) is 1. The maximum absolute atomic E-state index is 12.3. The topological polar surface area (TPSA) is 101 Å². The molecule has 2 N–H and O–H groups in total. The molecule has 3 rings (SSSR count). The number of nitrogens with zero attached hydrogens (tertiary/aromatic N) is 2. The lowest BCUT2D eigenvalue weighted by Crippen LogP contribution is -2.44. The number of carbonyl (C=O) groups excluding carboxylic acids is 1. The number of carbonyl (C=O) groups is 1. The Morgan fingerprint density at radius 1 is 1.50 bits per heavy atom. The lowest BCUT2D eigenvalue weighted by atomic mass is 10.2. The van der Waals surface area contributed by atoms with Gasteiger partial charge in [-0.05, 0) is 26.0 Å². The van der Waals surface area contributed by atoms with Crippen molar-refractivity contribution < 1.29 is 17.9 Å². The molecule has 2 aliphatic rings. The number of pyridine rings is 1. The largest absolute Gasteiger partial charge is 0.470 e. The number of likely N-dealkylation sites (tertiary alicyclic amines) is 1. The SMILES string of the molecule is CC(C)NC(=O)N1C[C@@H]2Oc3ncccc3S(=O)(=O)N[C@@H]2C1. The third kappa shape index (κ3) is 2.73. The summed E-state index contributed by atoms with van der Waals surface area (Å²) < 4.78 is 33.0. The zero-order valence-electron chi connectivity index (χ0n) is 12.3. The summed E-state index contributed by atoms with van der Waals surface area (Å²) in [5.74, 6) is 0.0774. The third-order valence-corrected chi connectivity index (χ3v) is 5.06. The molecule has 0 unspecified atom stereocenters. The van der Waals surface area contributed by atoms with Gasteiger partial charge in [0.1, 0.15) is 11.0 Å². The molecule has 0 spiro atoms. The van der Waals surface area contributed by atoms with Gasteiger partial charge in [-0.25, -0.2) is 22.9 Å². The van der Waals surface area contributed by atoms with Gasteiger partial charge in [0.15, 0.2) is 0 Å². The summed E-state index contributed by atoms with van der Waals surface area (Å²) in [4.78, 5) is 17.6. The Hall–Kier alpha value is -1.87. The summed E-state index contributed by atoms with van der Waals surface area (Å²) in [5, 5.41) is 2.79. The van der Waals surface area contributed by atoms with Crippen LogP contribution in [0.15, 0.2) is 23.2 Å². The number of aromatic nitrogens is 1. The third-order valence-electron chi connectivity index (χ3n) is 3.56. The quantitative estimate of drug-likeness (QED) is 0.752. The molecule has 1 aromatic rings. The summed E-state index contributed by atoms with van der Waals surface area (Å²) in [6, 6.07) is 2.29. The van der Waals surface area contributed by atoms with E-state index in [2.05, 4.69) is 15.0 Å². The first kappa shape index (κ1) is 15.0. The Morgan fingerprint density at radius 3 is 3.00 bits per heavy atom. The average molecular weight is 326 g/mol. The van der Waals surface area contributed by atoms with E-state index in [0.717, 1.165) is 0 Å². The summed E-state index contributed by atoms with van der Waals surface area (Å²) in [6.07, 6.45) is 1.02. The molecule has 0 aromatic carbocycles. The fourth-order valence-corrected chi connectivity index (χ4v) is 3.93. The first-order valence-electron chi connectivity index (χ1n) is 7.06. The van der Waals surface area contributed by atoms with E-state index in [9.17, 15) is 13.2 Å². The molecule has 8 nitrogen and oxygen atoms in total. The Balaban J connectivity index is 1.84. The van der Waals surface area contributed by atoms with Crippen molar-refractivity contribution >= 4 is 16.1 Å². The average Bonchev–Trinajstić information content (AvgIpc) is 2.76. The van der Waals surface area contributed by atoms with Crippen molar-refractivity contribution in [2.45, 2.75) is 36.9 Å². The molecular formula is C13H18N4O4S. The molecule has 0 aliphatic carbocycles. The van der Waals surface area contributed by atoms with E-state index in [1.807, 2.05) is 13.8 Å². The minimum Gasteiger partial charge on any atom is -0.470 e. The number of rotatable bonds is 1. The maximum Gasteiger partial charge on any atom is 0.317 e. The van der Waals surface area contributed by atoms with Crippen molar-refractivity contribution in [3.05, 3.63) is 18.3 Å². The van der Waals surface area contributed by atoms with Gasteiger partial charge in [-0.15, -0.1) is 0 Å². The Bertz CT molecular complexity index is 691. The van der Waals surface area contributed by atoms with Crippen molar-refractivity contribution in [2.75, 3.05) is 13.1 Å². The van der Waals surface area contributed by atoms with Crippen molar-refractivity contribution in [2.24, 2.45) is 0 Å². The minimum atomic E-state index is -3.70. The lowest BCUT2D eigenvalue weighted by Gasteiger charge is -2.19. The van der Waals surface area contributed by atoms with Crippen molar-refractivity contribution in [1.29, 1.82) is 0 Å². The van der Waals surface area contributed by atoms with E-state index in [1.165, 1.54) is 12.3 Å². The number of urea groups is 1. The second-order valence-corrected chi connectivity index (χ2v) is 7.38. The van der Waals surface area contributed by atoms with Crippen LogP contribution in [-0.2, 0) is 10.0 Å². The van der Waals surface area contributed by atoms with Gasteiger partial charge in [0.25, 0.3) is 0 Å². The number of fused-ring (bicyclic) bond motifs is 2. The van der Waals surface area contributed by atoms with Crippen molar-refractivity contribution in [3.8, 4) is 5.88 Å². The van der Waals surface area contributed by atoms with E-state index in [-0.39, 0.29) is 29.4 Å². The number of sulfonamides is 1. The van der Waals surface area contributed by atoms with Crippen molar-refractivity contribution in [1.82, 2.24) is 19.9 Å². The molecule has 9 heteroatoms. The normalized spacial score (nSPS) is 25.9. The molecular weight excluding hydrogens is 308 g/mol. The molecule has 1 aromatic heterocycles. The number of nitrogens with one attached hydrogen (secondary N) is 2. The van der Waals surface area contributed by atoms with Crippen molar-refractivity contribution in [3.63, 3.8) is 0 Å².